The second kappa shape index (κ2) is 8.85. The van der Waals surface area contributed by atoms with Crippen LogP contribution in [0.3, 0.4) is 0 Å². The van der Waals surface area contributed by atoms with Gasteiger partial charge in [0.2, 0.25) is 5.91 Å². The smallest absolute Gasteiger partial charge is 0.238 e. The summed E-state index contributed by atoms with van der Waals surface area (Å²) in [6, 6.07) is 22.3. The van der Waals surface area contributed by atoms with Crippen molar-refractivity contribution in [3.63, 3.8) is 0 Å². The van der Waals surface area contributed by atoms with Crippen LogP contribution in [0.25, 0.3) is 11.3 Å². The van der Waals surface area contributed by atoms with Crippen LogP contribution in [0.1, 0.15) is 42.1 Å². The third-order valence-corrected chi connectivity index (χ3v) is 5.99. The van der Waals surface area contributed by atoms with E-state index in [1.165, 1.54) is 5.57 Å². The van der Waals surface area contributed by atoms with Crippen LogP contribution in [0.15, 0.2) is 84.6 Å². The Morgan fingerprint density at radius 1 is 1.03 bits per heavy atom. The molecule has 2 heterocycles. The summed E-state index contributed by atoms with van der Waals surface area (Å²) in [7, 11) is 0. The molecular weight excluding hydrogens is 392 g/mol. The second-order valence-electron chi connectivity index (χ2n) is 7.75. The van der Waals surface area contributed by atoms with Gasteiger partial charge in [0.15, 0.2) is 0 Å². The summed E-state index contributed by atoms with van der Waals surface area (Å²) in [4.78, 5) is 19.7. The van der Waals surface area contributed by atoms with Gasteiger partial charge in [0.05, 0.1) is 17.8 Å². The number of halogens is 1. The minimum absolute atomic E-state index is 0.0401. The number of amides is 1. The van der Waals surface area contributed by atoms with Crippen molar-refractivity contribution >= 4 is 17.5 Å². The molecule has 1 aliphatic heterocycles. The fourth-order valence-electron chi connectivity index (χ4n) is 4.34. The standard InChI is InChI=1S/C26H25ClN2O/c1-18-13-14-23(29(24(30)16-27)26(18)21-11-7-4-8-12-21)22-15-19(2)25(28-17-22)20-9-5-3-6-10-20/h3-13,15,17,23,26H,14,16H2,1-2H3/t23-,26-/m1/s1. The van der Waals surface area contributed by atoms with Gasteiger partial charge in [0.25, 0.3) is 0 Å². The average Bonchev–Trinajstić information content (AvgIpc) is 2.79. The summed E-state index contributed by atoms with van der Waals surface area (Å²) < 4.78 is 0. The first kappa shape index (κ1) is 20.4. The highest BCUT2D eigenvalue weighted by molar-refractivity contribution is 6.27. The van der Waals surface area contributed by atoms with E-state index in [0.717, 1.165) is 34.4 Å². The minimum Gasteiger partial charge on any atom is -0.323 e. The van der Waals surface area contributed by atoms with Crippen LogP contribution < -0.4 is 0 Å². The van der Waals surface area contributed by atoms with Gasteiger partial charge in [0.1, 0.15) is 5.88 Å². The predicted octanol–water partition coefficient (Wildman–Crippen LogP) is 6.26. The summed E-state index contributed by atoms with van der Waals surface area (Å²) in [6.07, 6.45) is 4.90. The number of carbonyl (C=O) groups excluding carboxylic acids is 1. The fraction of sp³-hybridized carbons (Fsp3) is 0.231. The topological polar surface area (TPSA) is 33.2 Å². The van der Waals surface area contributed by atoms with Crippen molar-refractivity contribution in [2.24, 2.45) is 0 Å². The zero-order valence-electron chi connectivity index (χ0n) is 17.3. The number of benzene rings is 2. The summed E-state index contributed by atoms with van der Waals surface area (Å²) in [5.41, 5.74) is 6.46. The van der Waals surface area contributed by atoms with Crippen molar-refractivity contribution in [3.8, 4) is 11.3 Å². The lowest BCUT2D eigenvalue weighted by Crippen LogP contribution is -2.41. The molecule has 1 aromatic heterocycles. The number of nitrogens with zero attached hydrogens (tertiary/aromatic N) is 2. The molecule has 0 saturated carbocycles. The molecule has 0 fully saturated rings. The van der Waals surface area contributed by atoms with Gasteiger partial charge in [-0.3, -0.25) is 9.78 Å². The molecule has 0 radical (unpaired) electrons. The lowest BCUT2D eigenvalue weighted by Gasteiger charge is -2.42. The van der Waals surface area contributed by atoms with E-state index in [2.05, 4.69) is 50.3 Å². The van der Waals surface area contributed by atoms with E-state index in [0.29, 0.717) is 0 Å². The third kappa shape index (κ3) is 3.90. The van der Waals surface area contributed by atoms with Crippen molar-refractivity contribution in [1.82, 2.24) is 9.88 Å². The van der Waals surface area contributed by atoms with E-state index in [4.69, 9.17) is 16.6 Å². The number of pyridine rings is 1. The molecule has 2 aromatic carbocycles. The van der Waals surface area contributed by atoms with E-state index in [-0.39, 0.29) is 23.9 Å². The van der Waals surface area contributed by atoms with E-state index < -0.39 is 0 Å². The summed E-state index contributed by atoms with van der Waals surface area (Å²) in [5, 5.41) is 0. The van der Waals surface area contributed by atoms with Gasteiger partial charge in [-0.15, -0.1) is 11.6 Å². The highest BCUT2D eigenvalue weighted by Crippen LogP contribution is 2.42. The van der Waals surface area contributed by atoms with Gasteiger partial charge in [-0.25, -0.2) is 0 Å². The van der Waals surface area contributed by atoms with Crippen molar-refractivity contribution in [1.29, 1.82) is 0 Å². The van der Waals surface area contributed by atoms with E-state index in [9.17, 15) is 4.79 Å². The lowest BCUT2D eigenvalue weighted by atomic mass is 9.87. The van der Waals surface area contributed by atoms with Crippen molar-refractivity contribution in [2.45, 2.75) is 32.4 Å². The molecule has 1 aliphatic rings. The van der Waals surface area contributed by atoms with Crippen LogP contribution in [0.5, 0.6) is 0 Å². The Morgan fingerprint density at radius 3 is 2.33 bits per heavy atom. The van der Waals surface area contributed by atoms with Gasteiger partial charge in [0, 0.05) is 11.8 Å². The van der Waals surface area contributed by atoms with Crippen LogP contribution in [0, 0.1) is 6.92 Å². The lowest BCUT2D eigenvalue weighted by molar-refractivity contribution is -0.133. The van der Waals surface area contributed by atoms with Gasteiger partial charge < -0.3 is 4.90 Å². The van der Waals surface area contributed by atoms with Crippen molar-refractivity contribution in [2.75, 3.05) is 5.88 Å². The molecule has 0 aliphatic carbocycles. The number of aromatic nitrogens is 1. The maximum atomic E-state index is 13.0. The highest BCUT2D eigenvalue weighted by atomic mass is 35.5. The summed E-state index contributed by atoms with van der Waals surface area (Å²) in [5.74, 6) is -0.102. The normalized spacial score (nSPS) is 18.8. The van der Waals surface area contributed by atoms with Crippen LogP contribution in [0.4, 0.5) is 0 Å². The molecule has 0 unspecified atom stereocenters. The minimum atomic E-state index is -0.120. The van der Waals surface area contributed by atoms with Crippen molar-refractivity contribution in [3.05, 3.63) is 101 Å². The molecule has 0 bridgehead atoms. The Kier molecular flexibility index (Phi) is 6.01. The Labute approximate surface area is 183 Å². The Morgan fingerprint density at radius 2 is 1.70 bits per heavy atom. The number of hydrogen-bond donors (Lipinski definition) is 0. The van der Waals surface area contributed by atoms with E-state index >= 15 is 0 Å². The fourth-order valence-corrected chi connectivity index (χ4v) is 4.48. The number of hydrogen-bond acceptors (Lipinski definition) is 2. The van der Waals surface area contributed by atoms with Crippen molar-refractivity contribution < 1.29 is 4.79 Å². The van der Waals surface area contributed by atoms with Gasteiger partial charge in [-0.1, -0.05) is 78.4 Å². The molecule has 4 heteroatoms. The number of rotatable bonds is 4. The van der Waals surface area contributed by atoms with Crippen LogP contribution in [0.2, 0.25) is 0 Å². The van der Waals surface area contributed by atoms with Crippen LogP contribution in [-0.4, -0.2) is 21.7 Å². The third-order valence-electron chi connectivity index (χ3n) is 5.76. The Balaban J connectivity index is 1.76. The molecule has 30 heavy (non-hydrogen) atoms. The molecule has 3 nitrogen and oxygen atoms in total. The monoisotopic (exact) mass is 416 g/mol. The zero-order valence-corrected chi connectivity index (χ0v) is 18.0. The molecule has 3 aromatic rings. The first-order chi connectivity index (χ1) is 14.6. The molecule has 1 amide bonds. The maximum absolute atomic E-state index is 13.0. The first-order valence-corrected chi connectivity index (χ1v) is 10.7. The number of alkyl halides is 1. The highest BCUT2D eigenvalue weighted by Gasteiger charge is 2.36. The van der Waals surface area contributed by atoms with Gasteiger partial charge in [-0.2, -0.15) is 0 Å². The molecule has 0 N–H and O–H groups in total. The average molecular weight is 417 g/mol. The predicted molar refractivity (Wildman–Crippen MR) is 122 cm³/mol. The molecule has 4 rings (SSSR count). The largest absolute Gasteiger partial charge is 0.323 e. The Hall–Kier alpha value is -2.91. The first-order valence-electron chi connectivity index (χ1n) is 10.2. The Bertz CT molecular complexity index is 1060. The quantitative estimate of drug-likeness (QED) is 0.371. The second-order valence-corrected chi connectivity index (χ2v) is 8.01. The van der Waals surface area contributed by atoms with E-state index in [1.54, 1.807) is 0 Å². The molecular formula is C26H25ClN2O. The zero-order chi connectivity index (χ0) is 21.1. The molecule has 2 atom stereocenters. The molecule has 152 valence electrons. The van der Waals surface area contributed by atoms with E-state index in [1.807, 2.05) is 47.5 Å². The van der Waals surface area contributed by atoms with Gasteiger partial charge >= 0.3 is 0 Å². The maximum Gasteiger partial charge on any atom is 0.238 e. The van der Waals surface area contributed by atoms with Crippen LogP contribution in [-0.2, 0) is 4.79 Å². The number of carbonyl (C=O) groups is 1. The molecule has 0 saturated heterocycles. The summed E-state index contributed by atoms with van der Waals surface area (Å²) in [6.45, 7) is 4.16. The molecule has 0 spiro atoms. The van der Waals surface area contributed by atoms with Gasteiger partial charge in [-0.05, 0) is 37.0 Å². The number of aryl methyl sites for hydroxylation is 1. The summed E-state index contributed by atoms with van der Waals surface area (Å²) >= 11 is 6.05. The SMILES string of the molecule is CC1=CC[C@H](c2cnc(-c3ccccc3)c(C)c2)N(C(=O)CCl)[C@H]1c1ccccc1. The van der Waals surface area contributed by atoms with Crippen LogP contribution >= 0.6 is 11.6 Å².